The molecule has 3 rings (SSSR count). The Labute approximate surface area is 125 Å². The molecule has 0 spiro atoms. The number of amides is 1. The maximum absolute atomic E-state index is 12.3. The smallest absolute Gasteiger partial charge is 0.273 e. The molecule has 1 atom stereocenters. The fourth-order valence-corrected chi connectivity index (χ4v) is 3.23. The van der Waals surface area contributed by atoms with Crippen molar-refractivity contribution in [2.45, 2.75) is 57.5 Å². The molecule has 1 aliphatic heterocycles. The van der Waals surface area contributed by atoms with Crippen LogP contribution in [0.25, 0.3) is 0 Å². The van der Waals surface area contributed by atoms with Gasteiger partial charge in [0, 0.05) is 19.1 Å². The minimum absolute atomic E-state index is 0.0923. The fourth-order valence-electron chi connectivity index (χ4n) is 3.23. The van der Waals surface area contributed by atoms with Gasteiger partial charge in [0.15, 0.2) is 5.69 Å². The molecule has 6 heteroatoms. The van der Waals surface area contributed by atoms with Gasteiger partial charge in [-0.1, -0.05) is 30.9 Å². The van der Waals surface area contributed by atoms with Gasteiger partial charge in [0.1, 0.15) is 0 Å². The summed E-state index contributed by atoms with van der Waals surface area (Å²) >= 11 is 0. The highest BCUT2D eigenvalue weighted by Crippen LogP contribution is 2.25. The third-order valence-corrected chi connectivity index (χ3v) is 4.84. The third-order valence-electron chi connectivity index (χ3n) is 4.84. The lowest BCUT2D eigenvalue weighted by atomic mass is 9.93. The molecule has 1 saturated carbocycles. The number of carbonyl (C=O) groups is 1. The van der Waals surface area contributed by atoms with Crippen molar-refractivity contribution in [3.63, 3.8) is 0 Å². The van der Waals surface area contributed by atoms with E-state index < -0.39 is 0 Å². The predicted octanol–water partition coefficient (Wildman–Crippen LogP) is 1.51. The van der Waals surface area contributed by atoms with Gasteiger partial charge in [-0.2, -0.15) is 0 Å². The molecule has 2 fully saturated rings. The Hall–Kier alpha value is -1.43. The van der Waals surface area contributed by atoms with Crippen LogP contribution in [0.5, 0.6) is 0 Å². The van der Waals surface area contributed by atoms with Crippen LogP contribution in [0.15, 0.2) is 6.20 Å². The average molecular weight is 291 g/mol. The van der Waals surface area contributed by atoms with Gasteiger partial charge in [0.25, 0.3) is 5.91 Å². The molecule has 0 unspecified atom stereocenters. The summed E-state index contributed by atoms with van der Waals surface area (Å²) in [5, 5.41) is 14.4. The Morgan fingerprint density at radius 1 is 1.33 bits per heavy atom. The summed E-state index contributed by atoms with van der Waals surface area (Å²) in [4.78, 5) is 12.3. The number of hydrogen-bond donors (Lipinski definition) is 2. The van der Waals surface area contributed by atoms with E-state index in [9.17, 15) is 4.79 Å². The third kappa shape index (κ3) is 3.43. The van der Waals surface area contributed by atoms with Crippen molar-refractivity contribution in [3.8, 4) is 0 Å². The molecular weight excluding hydrogens is 266 g/mol. The average Bonchev–Trinajstić information content (AvgIpc) is 2.72. The zero-order valence-electron chi connectivity index (χ0n) is 12.7. The van der Waals surface area contributed by atoms with Gasteiger partial charge >= 0.3 is 0 Å². The van der Waals surface area contributed by atoms with Crippen molar-refractivity contribution in [2.75, 3.05) is 13.1 Å². The molecule has 0 bridgehead atoms. The Morgan fingerprint density at radius 3 is 2.67 bits per heavy atom. The van der Waals surface area contributed by atoms with E-state index in [-0.39, 0.29) is 11.9 Å². The van der Waals surface area contributed by atoms with E-state index in [1.54, 1.807) is 10.9 Å². The number of nitrogens with one attached hydrogen (secondary N) is 2. The first-order chi connectivity index (χ1) is 10.2. The summed E-state index contributed by atoms with van der Waals surface area (Å²) in [5.41, 5.74) is 0.433. The van der Waals surface area contributed by atoms with Crippen molar-refractivity contribution >= 4 is 5.91 Å². The largest absolute Gasteiger partial charge is 0.348 e. The normalized spacial score (nSPS) is 22.3. The lowest BCUT2D eigenvalue weighted by Gasteiger charge is -2.26. The second-order valence-corrected chi connectivity index (χ2v) is 6.41. The van der Waals surface area contributed by atoms with Gasteiger partial charge in [0.05, 0.1) is 12.2 Å². The van der Waals surface area contributed by atoms with Crippen LogP contribution in [-0.2, 0) is 0 Å². The molecule has 1 saturated heterocycles. The lowest BCUT2D eigenvalue weighted by Crippen LogP contribution is -2.43. The summed E-state index contributed by atoms with van der Waals surface area (Å²) in [5.74, 6) is 0.507. The molecule has 116 valence electrons. The summed E-state index contributed by atoms with van der Waals surface area (Å²) < 4.78 is 1.79. The van der Waals surface area contributed by atoms with Crippen LogP contribution in [0.3, 0.4) is 0 Å². The van der Waals surface area contributed by atoms with Crippen molar-refractivity contribution < 1.29 is 4.79 Å². The zero-order valence-corrected chi connectivity index (χ0v) is 12.7. The minimum atomic E-state index is -0.0923. The van der Waals surface area contributed by atoms with E-state index in [4.69, 9.17) is 0 Å². The molecule has 6 nitrogen and oxygen atoms in total. The maximum atomic E-state index is 12.3. The fraction of sp³-hybridized carbons (Fsp3) is 0.800. The quantitative estimate of drug-likeness (QED) is 0.825. The van der Waals surface area contributed by atoms with Crippen molar-refractivity contribution in [1.29, 1.82) is 0 Å². The van der Waals surface area contributed by atoms with Gasteiger partial charge in [-0.15, -0.1) is 5.10 Å². The lowest BCUT2D eigenvalue weighted by molar-refractivity contribution is 0.0918. The molecule has 2 N–H and O–H groups in total. The Morgan fingerprint density at radius 2 is 2.05 bits per heavy atom. The number of aromatic nitrogens is 3. The Balaban J connectivity index is 1.55. The second-order valence-electron chi connectivity index (χ2n) is 6.41. The summed E-state index contributed by atoms with van der Waals surface area (Å²) in [7, 11) is 0. The van der Waals surface area contributed by atoms with Gasteiger partial charge in [-0.25, -0.2) is 4.68 Å². The van der Waals surface area contributed by atoms with Crippen LogP contribution >= 0.6 is 0 Å². The number of nitrogens with zero attached hydrogens (tertiary/aromatic N) is 3. The Bertz CT molecular complexity index is 474. The first-order valence-electron chi connectivity index (χ1n) is 8.17. The van der Waals surface area contributed by atoms with Crippen molar-refractivity contribution in [2.24, 2.45) is 5.92 Å². The highest BCUT2D eigenvalue weighted by molar-refractivity contribution is 5.92. The number of hydrogen-bond acceptors (Lipinski definition) is 4. The van der Waals surface area contributed by atoms with Crippen LogP contribution < -0.4 is 10.6 Å². The van der Waals surface area contributed by atoms with E-state index in [0.29, 0.717) is 17.7 Å². The minimum Gasteiger partial charge on any atom is -0.348 e. The molecule has 1 amide bonds. The molecule has 1 aromatic rings. The van der Waals surface area contributed by atoms with Crippen molar-refractivity contribution in [3.05, 3.63) is 11.9 Å². The van der Waals surface area contributed by atoms with E-state index >= 15 is 0 Å². The molecular formula is C15H25N5O. The van der Waals surface area contributed by atoms with Gasteiger partial charge in [-0.05, 0) is 25.7 Å². The molecule has 21 heavy (non-hydrogen) atoms. The molecule has 1 aromatic heterocycles. The number of carbonyl (C=O) groups excluding carboxylic acids is 1. The molecule has 1 aliphatic carbocycles. The number of rotatable bonds is 4. The topological polar surface area (TPSA) is 71.8 Å². The standard InChI is InChI=1S/C15H25N5O/c1-11(12-6-4-2-3-5-7-12)17-15(21)14-10-20(19-18-14)13-8-16-9-13/h10-13,16H,2-9H2,1H3,(H,17,21)/t11-/m0/s1. The van der Waals surface area contributed by atoms with E-state index in [1.807, 2.05) is 0 Å². The van der Waals surface area contributed by atoms with Crippen LogP contribution in [0.4, 0.5) is 0 Å². The first kappa shape index (κ1) is 14.5. The maximum Gasteiger partial charge on any atom is 0.273 e. The molecule has 2 heterocycles. The van der Waals surface area contributed by atoms with Crippen LogP contribution in [-0.4, -0.2) is 40.0 Å². The summed E-state index contributed by atoms with van der Waals surface area (Å²) in [6, 6.07) is 0.560. The van der Waals surface area contributed by atoms with Crippen molar-refractivity contribution in [1.82, 2.24) is 25.6 Å². The molecule has 0 radical (unpaired) electrons. The zero-order chi connectivity index (χ0) is 14.7. The van der Waals surface area contributed by atoms with Crippen LogP contribution in [0.1, 0.15) is 62.0 Å². The second kappa shape index (κ2) is 6.56. The van der Waals surface area contributed by atoms with E-state index in [1.165, 1.54) is 38.5 Å². The van der Waals surface area contributed by atoms with Crippen LogP contribution in [0, 0.1) is 5.92 Å². The van der Waals surface area contributed by atoms with Crippen LogP contribution in [0.2, 0.25) is 0 Å². The highest BCUT2D eigenvalue weighted by atomic mass is 16.2. The highest BCUT2D eigenvalue weighted by Gasteiger charge is 2.24. The molecule has 2 aliphatic rings. The van der Waals surface area contributed by atoms with Gasteiger partial charge in [0.2, 0.25) is 0 Å². The first-order valence-corrected chi connectivity index (χ1v) is 8.17. The van der Waals surface area contributed by atoms with E-state index in [2.05, 4.69) is 27.9 Å². The van der Waals surface area contributed by atoms with Gasteiger partial charge in [-0.3, -0.25) is 4.79 Å². The van der Waals surface area contributed by atoms with Gasteiger partial charge < -0.3 is 10.6 Å². The monoisotopic (exact) mass is 291 g/mol. The van der Waals surface area contributed by atoms with E-state index in [0.717, 1.165) is 13.1 Å². The predicted molar refractivity (Wildman–Crippen MR) is 80.0 cm³/mol. The summed E-state index contributed by atoms with van der Waals surface area (Å²) in [6.45, 7) is 3.93. The molecule has 0 aromatic carbocycles. The Kier molecular flexibility index (Phi) is 4.53. The summed E-state index contributed by atoms with van der Waals surface area (Å²) in [6.07, 6.45) is 9.46. The SMILES string of the molecule is C[C@H](NC(=O)c1cn(C2CNC2)nn1)C1CCCCCC1.